The van der Waals surface area contributed by atoms with Crippen molar-refractivity contribution in [3.63, 3.8) is 0 Å². The predicted octanol–water partition coefficient (Wildman–Crippen LogP) is 2.80. The first-order valence-corrected chi connectivity index (χ1v) is 9.78. The van der Waals surface area contributed by atoms with Gasteiger partial charge in [0.25, 0.3) is 0 Å². The maximum absolute atomic E-state index is 4.68. The molecule has 1 aliphatic rings. The van der Waals surface area contributed by atoms with Crippen molar-refractivity contribution in [3.05, 3.63) is 77.9 Å². The molecule has 1 aliphatic heterocycles. The van der Waals surface area contributed by atoms with E-state index >= 15 is 0 Å². The van der Waals surface area contributed by atoms with Crippen LogP contribution >= 0.6 is 0 Å². The van der Waals surface area contributed by atoms with Crippen molar-refractivity contribution in [1.29, 1.82) is 0 Å². The lowest BCUT2D eigenvalue weighted by atomic mass is 10.2. The molecule has 0 aliphatic carbocycles. The van der Waals surface area contributed by atoms with Crippen LogP contribution in [0.2, 0.25) is 0 Å². The summed E-state index contributed by atoms with van der Waals surface area (Å²) in [7, 11) is 0. The first-order chi connectivity index (χ1) is 13.8. The van der Waals surface area contributed by atoms with Crippen LogP contribution in [0.4, 0.5) is 11.6 Å². The Balaban J connectivity index is 1.37. The number of rotatable bonds is 6. The number of pyridine rings is 3. The Morgan fingerprint density at radius 2 is 1.64 bits per heavy atom. The van der Waals surface area contributed by atoms with E-state index < -0.39 is 0 Å². The van der Waals surface area contributed by atoms with Gasteiger partial charge in [0.2, 0.25) is 0 Å². The van der Waals surface area contributed by atoms with Crippen molar-refractivity contribution >= 4 is 11.6 Å². The molecule has 0 spiro atoms. The average Bonchev–Trinajstić information content (AvgIpc) is 2.75. The summed E-state index contributed by atoms with van der Waals surface area (Å²) in [6.07, 6.45) is 3.74. The molecule has 0 unspecified atom stereocenters. The Hall–Kier alpha value is -2.99. The molecule has 4 heterocycles. The van der Waals surface area contributed by atoms with Crippen LogP contribution < -0.4 is 15.1 Å². The maximum Gasteiger partial charge on any atom is 0.133 e. The zero-order valence-corrected chi connectivity index (χ0v) is 16.3. The van der Waals surface area contributed by atoms with Crippen LogP contribution in [-0.4, -0.2) is 41.1 Å². The van der Waals surface area contributed by atoms with Crippen molar-refractivity contribution < 1.29 is 0 Å². The highest BCUT2D eigenvalue weighted by molar-refractivity contribution is 5.49. The number of hydrogen-bond acceptors (Lipinski definition) is 6. The first-order valence-electron chi connectivity index (χ1n) is 9.78. The van der Waals surface area contributed by atoms with Crippen LogP contribution in [-0.2, 0) is 13.1 Å². The molecule has 1 saturated heterocycles. The number of piperazine rings is 1. The average molecular weight is 374 g/mol. The standard InChI is InChI=1S/C22H26N6/c1-18-6-4-8-20(26-18)17-23-16-19-7-5-11-25-22(19)28-14-12-27(13-15-28)21-9-2-3-10-24-21/h2-11,23H,12-17H2,1H3. The number of nitrogens with zero attached hydrogens (tertiary/aromatic N) is 5. The second-order valence-electron chi connectivity index (χ2n) is 7.02. The van der Waals surface area contributed by atoms with E-state index in [-0.39, 0.29) is 0 Å². The van der Waals surface area contributed by atoms with Crippen molar-refractivity contribution in [3.8, 4) is 0 Å². The van der Waals surface area contributed by atoms with E-state index in [1.165, 1.54) is 5.56 Å². The lowest BCUT2D eigenvalue weighted by Gasteiger charge is -2.36. The van der Waals surface area contributed by atoms with Gasteiger partial charge in [0.05, 0.1) is 5.69 Å². The van der Waals surface area contributed by atoms with Gasteiger partial charge < -0.3 is 15.1 Å². The van der Waals surface area contributed by atoms with Gasteiger partial charge in [-0.25, -0.2) is 9.97 Å². The Kier molecular flexibility index (Phi) is 5.77. The summed E-state index contributed by atoms with van der Waals surface area (Å²) in [5.41, 5.74) is 3.34. The summed E-state index contributed by atoms with van der Waals surface area (Å²) < 4.78 is 0. The van der Waals surface area contributed by atoms with Gasteiger partial charge in [0, 0.05) is 62.9 Å². The van der Waals surface area contributed by atoms with E-state index in [1.54, 1.807) is 0 Å². The summed E-state index contributed by atoms with van der Waals surface area (Å²) in [6, 6.07) is 16.4. The van der Waals surface area contributed by atoms with E-state index in [1.807, 2.05) is 43.6 Å². The molecule has 0 radical (unpaired) electrons. The van der Waals surface area contributed by atoms with Crippen LogP contribution in [0.15, 0.2) is 60.9 Å². The molecule has 6 heteroatoms. The van der Waals surface area contributed by atoms with E-state index in [9.17, 15) is 0 Å². The van der Waals surface area contributed by atoms with E-state index in [0.717, 1.165) is 62.3 Å². The number of nitrogens with one attached hydrogen (secondary N) is 1. The van der Waals surface area contributed by atoms with Crippen molar-refractivity contribution in [1.82, 2.24) is 20.3 Å². The van der Waals surface area contributed by atoms with Crippen molar-refractivity contribution in [2.45, 2.75) is 20.0 Å². The van der Waals surface area contributed by atoms with Gasteiger partial charge in [-0.3, -0.25) is 4.98 Å². The molecule has 0 bridgehead atoms. The van der Waals surface area contributed by atoms with Crippen LogP contribution in [0, 0.1) is 6.92 Å². The third kappa shape index (κ3) is 4.46. The van der Waals surface area contributed by atoms with Gasteiger partial charge in [0.1, 0.15) is 11.6 Å². The number of aryl methyl sites for hydroxylation is 1. The van der Waals surface area contributed by atoms with Crippen LogP contribution in [0.5, 0.6) is 0 Å². The first kappa shape index (κ1) is 18.4. The summed E-state index contributed by atoms with van der Waals surface area (Å²) in [5.74, 6) is 2.13. The fourth-order valence-corrected chi connectivity index (χ4v) is 3.56. The summed E-state index contributed by atoms with van der Waals surface area (Å²) in [5, 5.41) is 3.51. The fraction of sp³-hybridized carbons (Fsp3) is 0.318. The monoisotopic (exact) mass is 374 g/mol. The van der Waals surface area contributed by atoms with Gasteiger partial charge in [0.15, 0.2) is 0 Å². The zero-order valence-electron chi connectivity index (χ0n) is 16.3. The largest absolute Gasteiger partial charge is 0.353 e. The van der Waals surface area contributed by atoms with E-state index in [4.69, 9.17) is 0 Å². The second kappa shape index (κ2) is 8.80. The van der Waals surface area contributed by atoms with Crippen molar-refractivity contribution in [2.75, 3.05) is 36.0 Å². The molecular weight excluding hydrogens is 348 g/mol. The van der Waals surface area contributed by atoms with Gasteiger partial charge in [-0.1, -0.05) is 18.2 Å². The zero-order chi connectivity index (χ0) is 19.2. The SMILES string of the molecule is Cc1cccc(CNCc2cccnc2N2CCN(c3ccccn3)CC2)n1. The lowest BCUT2D eigenvalue weighted by Crippen LogP contribution is -2.47. The Morgan fingerprint density at radius 1 is 0.821 bits per heavy atom. The van der Waals surface area contributed by atoms with Crippen LogP contribution in [0.1, 0.15) is 17.0 Å². The lowest BCUT2D eigenvalue weighted by molar-refractivity contribution is 0.630. The smallest absolute Gasteiger partial charge is 0.133 e. The highest BCUT2D eigenvalue weighted by Crippen LogP contribution is 2.21. The molecule has 28 heavy (non-hydrogen) atoms. The normalized spacial score (nSPS) is 14.3. The maximum atomic E-state index is 4.68. The topological polar surface area (TPSA) is 57.2 Å². The van der Waals surface area contributed by atoms with Crippen molar-refractivity contribution in [2.24, 2.45) is 0 Å². The highest BCUT2D eigenvalue weighted by atomic mass is 15.3. The summed E-state index contributed by atoms with van der Waals surface area (Å²) in [6.45, 7) is 7.34. The third-order valence-electron chi connectivity index (χ3n) is 4.99. The van der Waals surface area contributed by atoms with Crippen LogP contribution in [0.25, 0.3) is 0 Å². The van der Waals surface area contributed by atoms with E-state index in [2.05, 4.69) is 54.3 Å². The number of anilines is 2. The quantitative estimate of drug-likeness (QED) is 0.716. The Morgan fingerprint density at radius 3 is 2.43 bits per heavy atom. The molecule has 6 nitrogen and oxygen atoms in total. The van der Waals surface area contributed by atoms with Gasteiger partial charge in [-0.15, -0.1) is 0 Å². The summed E-state index contributed by atoms with van der Waals surface area (Å²) in [4.78, 5) is 18.4. The molecule has 0 saturated carbocycles. The molecule has 144 valence electrons. The number of aromatic nitrogens is 3. The molecule has 3 aromatic heterocycles. The molecule has 0 aromatic carbocycles. The molecule has 1 N–H and O–H groups in total. The fourth-order valence-electron chi connectivity index (χ4n) is 3.56. The molecule has 0 atom stereocenters. The minimum Gasteiger partial charge on any atom is -0.353 e. The predicted molar refractivity (Wildman–Crippen MR) is 112 cm³/mol. The molecule has 4 rings (SSSR count). The minimum atomic E-state index is 0.753. The van der Waals surface area contributed by atoms with Crippen LogP contribution in [0.3, 0.4) is 0 Å². The number of hydrogen-bond donors (Lipinski definition) is 1. The Labute approximate surface area is 166 Å². The third-order valence-corrected chi connectivity index (χ3v) is 4.99. The molecule has 3 aromatic rings. The van der Waals surface area contributed by atoms with Gasteiger partial charge in [-0.05, 0) is 37.3 Å². The molecule has 1 fully saturated rings. The summed E-state index contributed by atoms with van der Waals surface area (Å²) >= 11 is 0. The molecular formula is C22H26N6. The Bertz CT molecular complexity index is 890. The van der Waals surface area contributed by atoms with Gasteiger partial charge in [-0.2, -0.15) is 0 Å². The van der Waals surface area contributed by atoms with E-state index in [0.29, 0.717) is 0 Å². The van der Waals surface area contributed by atoms with Gasteiger partial charge >= 0.3 is 0 Å². The highest BCUT2D eigenvalue weighted by Gasteiger charge is 2.20. The minimum absolute atomic E-state index is 0.753. The second-order valence-corrected chi connectivity index (χ2v) is 7.02. The molecule has 0 amide bonds.